The van der Waals surface area contributed by atoms with Crippen LogP contribution >= 0.6 is 0 Å². The van der Waals surface area contributed by atoms with Gasteiger partial charge < -0.3 is 14.4 Å². The summed E-state index contributed by atoms with van der Waals surface area (Å²) in [6.07, 6.45) is 9.39. The second-order valence-corrected chi connectivity index (χ2v) is 7.23. The molecule has 1 saturated heterocycles. The number of benzene rings is 1. The van der Waals surface area contributed by atoms with Gasteiger partial charge in [0.2, 0.25) is 5.91 Å². The molecule has 26 heavy (non-hydrogen) atoms. The maximum atomic E-state index is 12.6. The SMILES string of the molecule is CC(CC(=O)N1CCCN(CCCc2ccccc2)CC1)n1ccnc1. The first kappa shape index (κ1) is 18.6. The fourth-order valence-electron chi connectivity index (χ4n) is 3.61. The Morgan fingerprint density at radius 2 is 2.00 bits per heavy atom. The standard InChI is InChI=1S/C21H30N4O/c1-19(25-14-10-22-18-25)17-21(26)24-13-6-12-23(15-16-24)11-5-9-20-7-3-2-4-8-20/h2-4,7-8,10,14,18-19H,5-6,9,11-13,15-17H2,1H3. The molecule has 1 aromatic carbocycles. The smallest absolute Gasteiger partial charge is 0.224 e. The number of carbonyl (C=O) groups excluding carboxylic acids is 1. The third-order valence-electron chi connectivity index (χ3n) is 5.23. The van der Waals surface area contributed by atoms with Crippen molar-refractivity contribution in [1.82, 2.24) is 19.4 Å². The fourth-order valence-corrected chi connectivity index (χ4v) is 3.61. The zero-order valence-corrected chi connectivity index (χ0v) is 15.8. The molecule has 0 bridgehead atoms. The summed E-state index contributed by atoms with van der Waals surface area (Å²) in [7, 11) is 0. The Kier molecular flexibility index (Phi) is 6.83. The number of amides is 1. The molecule has 2 aromatic rings. The molecule has 1 aliphatic rings. The molecule has 0 spiro atoms. The van der Waals surface area contributed by atoms with Crippen LogP contribution in [0, 0.1) is 0 Å². The molecule has 1 amide bonds. The lowest BCUT2D eigenvalue weighted by atomic mass is 10.1. The molecule has 1 fully saturated rings. The van der Waals surface area contributed by atoms with E-state index in [-0.39, 0.29) is 11.9 Å². The first-order chi connectivity index (χ1) is 12.7. The van der Waals surface area contributed by atoms with Crippen LogP contribution in [-0.2, 0) is 11.2 Å². The lowest BCUT2D eigenvalue weighted by molar-refractivity contribution is -0.131. The molecule has 3 rings (SSSR count). The van der Waals surface area contributed by atoms with E-state index in [1.165, 1.54) is 12.0 Å². The van der Waals surface area contributed by atoms with Crippen LogP contribution in [-0.4, -0.2) is 58.0 Å². The number of aromatic nitrogens is 2. The van der Waals surface area contributed by atoms with Gasteiger partial charge in [-0.05, 0) is 44.8 Å². The molecule has 0 radical (unpaired) electrons. The highest BCUT2D eigenvalue weighted by Gasteiger charge is 2.20. The minimum Gasteiger partial charge on any atom is -0.341 e. The molecule has 1 atom stereocenters. The van der Waals surface area contributed by atoms with E-state index in [9.17, 15) is 4.79 Å². The van der Waals surface area contributed by atoms with Crippen molar-refractivity contribution in [2.45, 2.75) is 38.6 Å². The molecular weight excluding hydrogens is 324 g/mol. The monoisotopic (exact) mass is 354 g/mol. The summed E-state index contributed by atoms with van der Waals surface area (Å²) >= 11 is 0. The molecule has 2 heterocycles. The quantitative estimate of drug-likeness (QED) is 0.767. The highest BCUT2D eigenvalue weighted by molar-refractivity contribution is 5.76. The summed E-state index contributed by atoms with van der Waals surface area (Å²) < 4.78 is 2.01. The summed E-state index contributed by atoms with van der Waals surface area (Å²) in [5, 5.41) is 0. The fraction of sp³-hybridized carbons (Fsp3) is 0.524. The van der Waals surface area contributed by atoms with E-state index in [4.69, 9.17) is 0 Å². The maximum absolute atomic E-state index is 12.6. The molecule has 1 aromatic heterocycles. The van der Waals surface area contributed by atoms with Gasteiger partial charge in [0.1, 0.15) is 0 Å². The van der Waals surface area contributed by atoms with Gasteiger partial charge in [-0.25, -0.2) is 4.98 Å². The van der Waals surface area contributed by atoms with Gasteiger partial charge in [0.25, 0.3) is 0 Å². The summed E-state index contributed by atoms with van der Waals surface area (Å²) in [5.74, 6) is 0.261. The number of aryl methyl sites for hydroxylation is 1. The van der Waals surface area contributed by atoms with Crippen LogP contribution < -0.4 is 0 Å². The molecular formula is C21H30N4O. The van der Waals surface area contributed by atoms with Crippen molar-refractivity contribution in [3.05, 3.63) is 54.6 Å². The van der Waals surface area contributed by atoms with Crippen LogP contribution in [0.4, 0.5) is 0 Å². The first-order valence-corrected chi connectivity index (χ1v) is 9.74. The Hall–Kier alpha value is -2.14. The van der Waals surface area contributed by atoms with Crippen molar-refractivity contribution < 1.29 is 4.79 Å². The van der Waals surface area contributed by atoms with Crippen molar-refractivity contribution in [1.29, 1.82) is 0 Å². The number of carbonyl (C=O) groups is 1. The predicted molar refractivity (Wildman–Crippen MR) is 104 cm³/mol. The summed E-state index contributed by atoms with van der Waals surface area (Å²) in [6.45, 7) is 7.00. The predicted octanol–water partition coefficient (Wildman–Crippen LogP) is 3.00. The summed E-state index contributed by atoms with van der Waals surface area (Å²) in [4.78, 5) is 21.3. The summed E-state index contributed by atoms with van der Waals surface area (Å²) in [5.41, 5.74) is 1.41. The molecule has 0 saturated carbocycles. The lowest BCUT2D eigenvalue weighted by Gasteiger charge is -2.23. The zero-order valence-electron chi connectivity index (χ0n) is 15.8. The largest absolute Gasteiger partial charge is 0.341 e. The van der Waals surface area contributed by atoms with Crippen LogP contribution in [0.1, 0.15) is 37.8 Å². The molecule has 0 aliphatic carbocycles. The molecule has 140 valence electrons. The highest BCUT2D eigenvalue weighted by atomic mass is 16.2. The normalized spacial score (nSPS) is 17.0. The average Bonchev–Trinajstić information content (AvgIpc) is 3.09. The average molecular weight is 354 g/mol. The van der Waals surface area contributed by atoms with Gasteiger partial charge >= 0.3 is 0 Å². The Bertz CT molecular complexity index is 656. The number of hydrogen-bond donors (Lipinski definition) is 0. The number of hydrogen-bond acceptors (Lipinski definition) is 3. The van der Waals surface area contributed by atoms with Crippen LogP contribution in [0.5, 0.6) is 0 Å². The van der Waals surface area contributed by atoms with Gasteiger partial charge in [0.05, 0.1) is 6.33 Å². The number of imidazole rings is 1. The van der Waals surface area contributed by atoms with Crippen LogP contribution in [0.2, 0.25) is 0 Å². The van der Waals surface area contributed by atoms with Gasteiger partial charge in [0, 0.05) is 44.5 Å². The molecule has 1 unspecified atom stereocenters. The molecule has 0 N–H and O–H groups in total. The second kappa shape index (κ2) is 9.53. The van der Waals surface area contributed by atoms with E-state index < -0.39 is 0 Å². The van der Waals surface area contributed by atoms with E-state index in [0.717, 1.165) is 45.6 Å². The van der Waals surface area contributed by atoms with E-state index in [0.29, 0.717) is 6.42 Å². The number of rotatable bonds is 7. The van der Waals surface area contributed by atoms with Crippen LogP contribution in [0.3, 0.4) is 0 Å². The Balaban J connectivity index is 1.40. The Morgan fingerprint density at radius 1 is 1.15 bits per heavy atom. The van der Waals surface area contributed by atoms with Crippen molar-refractivity contribution >= 4 is 5.91 Å². The van der Waals surface area contributed by atoms with Crippen molar-refractivity contribution in [3.8, 4) is 0 Å². The van der Waals surface area contributed by atoms with Gasteiger partial charge in [0.15, 0.2) is 0 Å². The van der Waals surface area contributed by atoms with Gasteiger partial charge in [-0.1, -0.05) is 30.3 Å². The Morgan fingerprint density at radius 3 is 2.77 bits per heavy atom. The van der Waals surface area contributed by atoms with E-state index >= 15 is 0 Å². The minimum absolute atomic E-state index is 0.162. The molecule has 5 heteroatoms. The van der Waals surface area contributed by atoms with E-state index in [1.807, 2.05) is 15.7 Å². The maximum Gasteiger partial charge on any atom is 0.224 e. The third-order valence-corrected chi connectivity index (χ3v) is 5.23. The van der Waals surface area contributed by atoms with Gasteiger partial charge in [-0.3, -0.25) is 4.79 Å². The topological polar surface area (TPSA) is 41.4 Å². The first-order valence-electron chi connectivity index (χ1n) is 9.74. The van der Waals surface area contributed by atoms with E-state index in [1.54, 1.807) is 12.5 Å². The third kappa shape index (κ3) is 5.43. The molecule has 1 aliphatic heterocycles. The van der Waals surface area contributed by atoms with Crippen LogP contribution in [0.25, 0.3) is 0 Å². The minimum atomic E-state index is 0.162. The number of nitrogens with zero attached hydrogens (tertiary/aromatic N) is 4. The Labute approximate surface area is 156 Å². The van der Waals surface area contributed by atoms with Crippen molar-refractivity contribution in [3.63, 3.8) is 0 Å². The zero-order chi connectivity index (χ0) is 18.2. The van der Waals surface area contributed by atoms with E-state index in [2.05, 4.69) is 47.1 Å². The van der Waals surface area contributed by atoms with Crippen LogP contribution in [0.15, 0.2) is 49.1 Å². The van der Waals surface area contributed by atoms with Crippen molar-refractivity contribution in [2.75, 3.05) is 32.7 Å². The van der Waals surface area contributed by atoms with Gasteiger partial charge in [-0.2, -0.15) is 0 Å². The lowest BCUT2D eigenvalue weighted by Crippen LogP contribution is -2.36. The summed E-state index contributed by atoms with van der Waals surface area (Å²) in [6, 6.07) is 10.8. The van der Waals surface area contributed by atoms with Gasteiger partial charge in [-0.15, -0.1) is 0 Å². The highest BCUT2D eigenvalue weighted by Crippen LogP contribution is 2.14. The molecule has 5 nitrogen and oxygen atoms in total. The van der Waals surface area contributed by atoms with Crippen molar-refractivity contribution in [2.24, 2.45) is 0 Å². The second-order valence-electron chi connectivity index (χ2n) is 7.23.